The van der Waals surface area contributed by atoms with Crippen LogP contribution in [0.15, 0.2) is 18.2 Å². The van der Waals surface area contributed by atoms with Crippen molar-refractivity contribution < 1.29 is 18.3 Å². The fourth-order valence-corrected chi connectivity index (χ4v) is 1.59. The summed E-state index contributed by atoms with van der Waals surface area (Å²) in [5, 5.41) is 0. The zero-order valence-electron chi connectivity index (χ0n) is 8.84. The van der Waals surface area contributed by atoms with Crippen LogP contribution in [-0.4, -0.2) is 12.4 Å². The van der Waals surface area contributed by atoms with Gasteiger partial charge < -0.3 is 4.74 Å². The number of carbonyl (C=O) groups excluding carboxylic acids is 1. The molecule has 0 spiro atoms. The smallest absolute Gasteiger partial charge is 0.387 e. The minimum absolute atomic E-state index is 0.0655. The standard InChI is InChI=1S/C11H11BrF2O2/c1-6-3-8(10(12)7(2)15)5-9(4-6)16-11(13)14/h3-5,10-11H,1-2H3. The van der Waals surface area contributed by atoms with E-state index in [1.165, 1.54) is 19.1 Å². The Morgan fingerprint density at radius 3 is 2.50 bits per heavy atom. The highest BCUT2D eigenvalue weighted by atomic mass is 79.9. The zero-order valence-corrected chi connectivity index (χ0v) is 10.4. The van der Waals surface area contributed by atoms with Gasteiger partial charge in [-0.2, -0.15) is 8.78 Å². The van der Waals surface area contributed by atoms with Gasteiger partial charge in [-0.1, -0.05) is 22.0 Å². The maximum absolute atomic E-state index is 12.0. The Labute approximate surface area is 101 Å². The van der Waals surface area contributed by atoms with Gasteiger partial charge in [0.05, 0.1) is 4.83 Å². The number of Topliss-reactive ketones (excluding diaryl/α,β-unsaturated/α-hetero) is 1. The number of hydrogen-bond donors (Lipinski definition) is 0. The SMILES string of the molecule is CC(=O)C(Br)c1cc(C)cc(OC(F)F)c1. The van der Waals surface area contributed by atoms with Crippen molar-refractivity contribution in [2.75, 3.05) is 0 Å². The van der Waals surface area contributed by atoms with Crippen LogP contribution in [0.2, 0.25) is 0 Å². The number of alkyl halides is 3. The number of ether oxygens (including phenoxy) is 1. The Morgan fingerprint density at radius 2 is 2.00 bits per heavy atom. The number of halogens is 3. The molecule has 5 heteroatoms. The van der Waals surface area contributed by atoms with Crippen LogP contribution < -0.4 is 4.74 Å². The summed E-state index contributed by atoms with van der Waals surface area (Å²) >= 11 is 3.19. The van der Waals surface area contributed by atoms with Crippen molar-refractivity contribution in [1.29, 1.82) is 0 Å². The van der Waals surface area contributed by atoms with Crippen LogP contribution in [0, 0.1) is 6.92 Å². The average Bonchev–Trinajstić information content (AvgIpc) is 2.14. The monoisotopic (exact) mass is 292 g/mol. The Morgan fingerprint density at radius 1 is 1.38 bits per heavy atom. The predicted octanol–water partition coefficient (Wildman–Crippen LogP) is 3.62. The zero-order chi connectivity index (χ0) is 12.3. The van der Waals surface area contributed by atoms with Gasteiger partial charge in [0.25, 0.3) is 0 Å². The van der Waals surface area contributed by atoms with E-state index in [0.717, 1.165) is 5.56 Å². The van der Waals surface area contributed by atoms with E-state index in [-0.39, 0.29) is 11.5 Å². The Hall–Kier alpha value is -0.970. The molecule has 1 rings (SSSR count). The lowest BCUT2D eigenvalue weighted by atomic mass is 10.1. The van der Waals surface area contributed by atoms with Gasteiger partial charge in [0.2, 0.25) is 0 Å². The lowest BCUT2D eigenvalue weighted by Crippen LogP contribution is -2.05. The number of aryl methyl sites for hydroxylation is 1. The molecule has 0 fully saturated rings. The van der Waals surface area contributed by atoms with Crippen LogP contribution in [0.1, 0.15) is 22.9 Å². The van der Waals surface area contributed by atoms with Crippen molar-refractivity contribution in [2.45, 2.75) is 25.3 Å². The van der Waals surface area contributed by atoms with E-state index in [4.69, 9.17) is 0 Å². The quantitative estimate of drug-likeness (QED) is 0.792. The number of hydrogen-bond acceptors (Lipinski definition) is 2. The molecule has 1 aromatic rings. The summed E-state index contributed by atoms with van der Waals surface area (Å²) in [6.45, 7) is 0.317. The highest BCUT2D eigenvalue weighted by Crippen LogP contribution is 2.28. The van der Waals surface area contributed by atoms with Gasteiger partial charge in [0.1, 0.15) is 11.5 Å². The molecule has 0 aliphatic heterocycles. The third-order valence-corrected chi connectivity index (χ3v) is 3.12. The summed E-state index contributed by atoms with van der Waals surface area (Å²) in [4.78, 5) is 10.7. The van der Waals surface area contributed by atoms with Crippen molar-refractivity contribution >= 4 is 21.7 Å². The van der Waals surface area contributed by atoms with Crippen LogP contribution in [0.3, 0.4) is 0 Å². The molecule has 0 aromatic heterocycles. The van der Waals surface area contributed by atoms with Crippen LogP contribution in [-0.2, 0) is 4.79 Å². The molecule has 1 atom stereocenters. The molecule has 0 amide bonds. The molecule has 0 bridgehead atoms. The lowest BCUT2D eigenvalue weighted by Gasteiger charge is -2.11. The minimum Gasteiger partial charge on any atom is -0.435 e. The van der Waals surface area contributed by atoms with E-state index in [2.05, 4.69) is 20.7 Å². The van der Waals surface area contributed by atoms with E-state index in [0.29, 0.717) is 5.56 Å². The molecule has 0 saturated carbocycles. The number of benzene rings is 1. The Balaban J connectivity index is 3.02. The molecule has 0 heterocycles. The number of ketones is 1. The fraction of sp³-hybridized carbons (Fsp3) is 0.364. The first-order chi connectivity index (χ1) is 7.40. The van der Waals surface area contributed by atoms with Gasteiger partial charge in [0.15, 0.2) is 0 Å². The number of carbonyl (C=O) groups is 1. The molecular formula is C11H11BrF2O2. The lowest BCUT2D eigenvalue weighted by molar-refractivity contribution is -0.116. The highest BCUT2D eigenvalue weighted by Gasteiger charge is 2.15. The van der Waals surface area contributed by atoms with Crippen molar-refractivity contribution in [2.24, 2.45) is 0 Å². The second-order valence-corrected chi connectivity index (χ2v) is 4.35. The van der Waals surface area contributed by atoms with E-state index in [1.807, 2.05) is 0 Å². The molecule has 0 aliphatic rings. The third kappa shape index (κ3) is 3.56. The van der Waals surface area contributed by atoms with Gasteiger partial charge in [-0.15, -0.1) is 0 Å². The van der Waals surface area contributed by atoms with E-state index < -0.39 is 11.4 Å². The van der Waals surface area contributed by atoms with Crippen LogP contribution in [0.25, 0.3) is 0 Å². The van der Waals surface area contributed by atoms with Gasteiger partial charge in [0, 0.05) is 0 Å². The minimum atomic E-state index is -2.86. The van der Waals surface area contributed by atoms with Crippen LogP contribution >= 0.6 is 15.9 Å². The van der Waals surface area contributed by atoms with Crippen LogP contribution in [0.5, 0.6) is 5.75 Å². The summed E-state index contributed by atoms with van der Waals surface area (Å²) in [5.74, 6) is -0.0238. The Kier molecular flexibility index (Phi) is 4.41. The van der Waals surface area contributed by atoms with Crippen molar-refractivity contribution in [3.63, 3.8) is 0 Å². The third-order valence-electron chi connectivity index (χ3n) is 1.95. The molecule has 1 unspecified atom stereocenters. The number of rotatable bonds is 4. The van der Waals surface area contributed by atoms with Crippen molar-refractivity contribution in [1.82, 2.24) is 0 Å². The van der Waals surface area contributed by atoms with Gasteiger partial charge in [-0.3, -0.25) is 4.79 Å². The molecule has 2 nitrogen and oxygen atoms in total. The van der Waals surface area contributed by atoms with E-state index >= 15 is 0 Å². The summed E-state index contributed by atoms with van der Waals surface area (Å²) in [6.07, 6.45) is 0. The molecule has 88 valence electrons. The van der Waals surface area contributed by atoms with Crippen LogP contribution in [0.4, 0.5) is 8.78 Å². The second kappa shape index (κ2) is 5.39. The predicted molar refractivity (Wildman–Crippen MR) is 60.2 cm³/mol. The molecule has 0 N–H and O–H groups in total. The highest BCUT2D eigenvalue weighted by molar-refractivity contribution is 9.09. The first-order valence-electron chi connectivity index (χ1n) is 4.61. The molecule has 1 aromatic carbocycles. The normalized spacial score (nSPS) is 12.6. The van der Waals surface area contributed by atoms with E-state index in [9.17, 15) is 13.6 Å². The molecule has 0 saturated heterocycles. The summed E-state index contributed by atoms with van der Waals surface area (Å²) in [5.41, 5.74) is 1.38. The van der Waals surface area contributed by atoms with Crippen molar-refractivity contribution in [3.8, 4) is 5.75 Å². The van der Waals surface area contributed by atoms with Gasteiger partial charge >= 0.3 is 6.61 Å². The second-order valence-electron chi connectivity index (χ2n) is 3.43. The van der Waals surface area contributed by atoms with E-state index in [1.54, 1.807) is 13.0 Å². The maximum atomic E-state index is 12.0. The topological polar surface area (TPSA) is 26.3 Å². The fourth-order valence-electron chi connectivity index (χ4n) is 1.33. The van der Waals surface area contributed by atoms with Crippen molar-refractivity contribution in [3.05, 3.63) is 29.3 Å². The first-order valence-corrected chi connectivity index (χ1v) is 5.52. The largest absolute Gasteiger partial charge is 0.435 e. The molecular weight excluding hydrogens is 282 g/mol. The molecule has 0 aliphatic carbocycles. The first kappa shape index (κ1) is 13.1. The summed E-state index contributed by atoms with van der Waals surface area (Å²) < 4.78 is 28.4. The maximum Gasteiger partial charge on any atom is 0.387 e. The Bertz CT molecular complexity index is 394. The summed E-state index contributed by atoms with van der Waals surface area (Å²) in [7, 11) is 0. The molecule has 0 radical (unpaired) electrons. The van der Waals surface area contributed by atoms with Gasteiger partial charge in [-0.05, 0) is 37.1 Å². The summed E-state index contributed by atoms with van der Waals surface area (Å²) in [6, 6.07) is 4.68. The molecule has 16 heavy (non-hydrogen) atoms. The average molecular weight is 293 g/mol. The van der Waals surface area contributed by atoms with Gasteiger partial charge in [-0.25, -0.2) is 0 Å².